The van der Waals surface area contributed by atoms with E-state index in [1.807, 2.05) is 0 Å². The minimum atomic E-state index is -1.03. The van der Waals surface area contributed by atoms with Crippen molar-refractivity contribution < 1.29 is 28.5 Å². The monoisotopic (exact) mass is 418 g/mol. The highest BCUT2D eigenvalue weighted by Gasteiger charge is 2.47. The first-order valence-corrected chi connectivity index (χ1v) is 9.02. The number of carbonyl (C=O) groups is 2. The van der Waals surface area contributed by atoms with Crippen LogP contribution in [0.2, 0.25) is 0 Å². The molecule has 6 atom stereocenters. The van der Waals surface area contributed by atoms with Gasteiger partial charge in [0.05, 0.1) is 45.9 Å². The first kappa shape index (κ1) is 18.5. The summed E-state index contributed by atoms with van der Waals surface area (Å²) in [5, 5.41) is -3.76. The van der Waals surface area contributed by atoms with Crippen LogP contribution in [0.1, 0.15) is 0 Å². The molecular weight excluding hydrogens is 406 g/mol. The fraction of sp³-hybridized carbons (Fsp3) is 0.714. The maximum absolute atomic E-state index is 12.4. The molecule has 0 saturated carbocycles. The molecular formula is C14H14Cl4O6. The molecule has 0 aromatic carbocycles. The summed E-state index contributed by atoms with van der Waals surface area (Å²) in [6.07, 6.45) is -0.262. The summed E-state index contributed by atoms with van der Waals surface area (Å²) in [6.45, 7) is 1.17. The molecule has 1 aliphatic carbocycles. The van der Waals surface area contributed by atoms with E-state index in [4.69, 9.17) is 65.4 Å². The fourth-order valence-electron chi connectivity index (χ4n) is 2.20. The molecule has 0 aromatic heterocycles. The number of ether oxygens (including phenoxy) is 4. The molecule has 2 aliphatic heterocycles. The third kappa shape index (κ3) is 4.11. The molecule has 3 rings (SSSR count). The lowest BCUT2D eigenvalue weighted by Gasteiger charge is -2.33. The van der Waals surface area contributed by atoms with Gasteiger partial charge in [-0.05, 0) is 0 Å². The highest BCUT2D eigenvalue weighted by molar-refractivity contribution is 6.42. The topological polar surface area (TPSA) is 77.7 Å². The van der Waals surface area contributed by atoms with Crippen molar-refractivity contribution in [2.75, 3.05) is 26.4 Å². The van der Waals surface area contributed by atoms with Crippen molar-refractivity contribution in [1.82, 2.24) is 0 Å². The van der Waals surface area contributed by atoms with Crippen molar-refractivity contribution in [3.63, 3.8) is 0 Å². The third-order valence-corrected chi connectivity index (χ3v) is 6.16. The molecule has 134 valence electrons. The highest BCUT2D eigenvalue weighted by atomic mass is 35.5. The number of esters is 2. The van der Waals surface area contributed by atoms with E-state index in [0.29, 0.717) is 13.2 Å². The van der Waals surface area contributed by atoms with Crippen LogP contribution >= 0.6 is 46.4 Å². The van der Waals surface area contributed by atoms with Gasteiger partial charge >= 0.3 is 11.9 Å². The van der Waals surface area contributed by atoms with E-state index >= 15 is 0 Å². The minimum absolute atomic E-state index is 0.0639. The zero-order valence-corrected chi connectivity index (χ0v) is 15.3. The zero-order chi connectivity index (χ0) is 17.4. The van der Waals surface area contributed by atoms with E-state index in [1.54, 1.807) is 0 Å². The van der Waals surface area contributed by atoms with Gasteiger partial charge in [0.15, 0.2) is 0 Å². The number of halogens is 4. The number of hydrogen-bond acceptors (Lipinski definition) is 6. The Kier molecular flexibility index (Phi) is 5.84. The minimum Gasteiger partial charge on any atom is -0.459 e. The standard InChI is InChI=1S/C14H14Cl4O6/c15-9-7(13(19)23-3-5-1-21-5)8(10(16)12(18)11(9)17)14(20)24-4-6-2-22-6/h5-6,9-12H,1-4H2. The van der Waals surface area contributed by atoms with E-state index in [2.05, 4.69) is 0 Å². The van der Waals surface area contributed by atoms with Crippen molar-refractivity contribution in [2.45, 2.75) is 33.7 Å². The van der Waals surface area contributed by atoms with Crippen molar-refractivity contribution in [1.29, 1.82) is 0 Å². The Bertz CT molecular complexity index is 511. The lowest BCUT2D eigenvalue weighted by atomic mass is 9.90. The van der Waals surface area contributed by atoms with E-state index in [0.717, 1.165) is 0 Å². The van der Waals surface area contributed by atoms with E-state index < -0.39 is 33.4 Å². The van der Waals surface area contributed by atoms with Crippen LogP contribution in [0, 0.1) is 0 Å². The van der Waals surface area contributed by atoms with Gasteiger partial charge in [-0.25, -0.2) is 9.59 Å². The summed E-state index contributed by atoms with van der Waals surface area (Å²) >= 11 is 24.8. The molecule has 6 unspecified atom stereocenters. The normalized spacial score (nSPS) is 37.8. The van der Waals surface area contributed by atoms with E-state index in [9.17, 15) is 9.59 Å². The van der Waals surface area contributed by atoms with Gasteiger partial charge in [-0.3, -0.25) is 0 Å². The van der Waals surface area contributed by atoms with Gasteiger partial charge in [0.2, 0.25) is 0 Å². The van der Waals surface area contributed by atoms with Crippen LogP contribution < -0.4 is 0 Å². The Morgan fingerprint density at radius 2 is 1.17 bits per heavy atom. The Labute approximate surface area is 158 Å². The summed E-state index contributed by atoms with van der Waals surface area (Å²) in [7, 11) is 0. The van der Waals surface area contributed by atoms with Crippen LogP contribution in [0.25, 0.3) is 0 Å². The second kappa shape index (κ2) is 7.56. The van der Waals surface area contributed by atoms with Crippen molar-refractivity contribution in [3.05, 3.63) is 11.1 Å². The molecule has 2 saturated heterocycles. The van der Waals surface area contributed by atoms with Gasteiger partial charge in [0.1, 0.15) is 25.4 Å². The van der Waals surface area contributed by atoms with Crippen LogP contribution in [-0.2, 0) is 28.5 Å². The van der Waals surface area contributed by atoms with Gasteiger partial charge in [-0.15, -0.1) is 46.4 Å². The summed E-state index contributed by atoms with van der Waals surface area (Å²) in [4.78, 5) is 24.8. The molecule has 0 amide bonds. The van der Waals surface area contributed by atoms with Crippen molar-refractivity contribution in [2.24, 2.45) is 0 Å². The molecule has 0 N–H and O–H groups in total. The average molecular weight is 420 g/mol. The van der Waals surface area contributed by atoms with Crippen LogP contribution in [0.4, 0.5) is 0 Å². The number of hydrogen-bond donors (Lipinski definition) is 0. The summed E-state index contributed by atoms with van der Waals surface area (Å²) < 4.78 is 20.2. The molecule has 24 heavy (non-hydrogen) atoms. The maximum atomic E-state index is 12.4. The van der Waals surface area contributed by atoms with E-state index in [1.165, 1.54) is 0 Å². The highest BCUT2D eigenvalue weighted by Crippen LogP contribution is 2.39. The van der Waals surface area contributed by atoms with Crippen LogP contribution in [0.15, 0.2) is 11.1 Å². The largest absolute Gasteiger partial charge is 0.459 e. The first-order chi connectivity index (χ1) is 11.4. The van der Waals surface area contributed by atoms with Crippen molar-refractivity contribution >= 4 is 58.3 Å². The number of epoxide rings is 2. The second-order valence-electron chi connectivity index (χ2n) is 5.63. The quantitative estimate of drug-likeness (QED) is 0.369. The molecule has 6 nitrogen and oxygen atoms in total. The van der Waals surface area contributed by atoms with E-state index in [-0.39, 0.29) is 36.6 Å². The van der Waals surface area contributed by atoms with Gasteiger partial charge in [-0.1, -0.05) is 0 Å². The van der Waals surface area contributed by atoms with Gasteiger partial charge < -0.3 is 18.9 Å². The van der Waals surface area contributed by atoms with Gasteiger partial charge in [0, 0.05) is 0 Å². The molecule has 10 heteroatoms. The maximum Gasteiger partial charge on any atom is 0.336 e. The average Bonchev–Trinajstić information content (AvgIpc) is 3.45. The Morgan fingerprint density at radius 1 is 0.833 bits per heavy atom. The molecule has 3 aliphatic rings. The predicted octanol–water partition coefficient (Wildman–Crippen LogP) is 1.61. The zero-order valence-electron chi connectivity index (χ0n) is 12.3. The summed E-state index contributed by atoms with van der Waals surface area (Å²) in [5.74, 6) is -1.56. The Morgan fingerprint density at radius 3 is 1.46 bits per heavy atom. The smallest absolute Gasteiger partial charge is 0.336 e. The number of alkyl halides is 4. The molecule has 2 fully saturated rings. The number of rotatable bonds is 6. The van der Waals surface area contributed by atoms with Crippen LogP contribution in [0.3, 0.4) is 0 Å². The molecule has 0 spiro atoms. The summed E-state index contributed by atoms with van der Waals surface area (Å²) in [5.41, 5.74) is -0.230. The Hall–Kier alpha value is -0.240. The predicted molar refractivity (Wildman–Crippen MR) is 87.0 cm³/mol. The van der Waals surface area contributed by atoms with Gasteiger partial charge in [0.25, 0.3) is 0 Å². The third-order valence-electron chi connectivity index (χ3n) is 3.75. The fourth-order valence-corrected chi connectivity index (χ4v) is 3.62. The Balaban J connectivity index is 1.83. The molecule has 0 bridgehead atoms. The van der Waals surface area contributed by atoms with Crippen LogP contribution in [0.5, 0.6) is 0 Å². The second-order valence-corrected chi connectivity index (χ2v) is 7.58. The molecule has 0 radical (unpaired) electrons. The molecule has 0 aromatic rings. The lowest BCUT2D eigenvalue weighted by molar-refractivity contribution is -0.143. The molecule has 2 heterocycles. The van der Waals surface area contributed by atoms with Gasteiger partial charge in [-0.2, -0.15) is 0 Å². The van der Waals surface area contributed by atoms with Crippen molar-refractivity contribution in [3.8, 4) is 0 Å². The SMILES string of the molecule is O=C(OCC1CO1)C1=C(C(=O)OCC2CO2)C(Cl)C(Cl)C(Cl)C1Cl. The lowest BCUT2D eigenvalue weighted by Crippen LogP contribution is -2.45. The number of carbonyl (C=O) groups excluding carboxylic acids is 2. The first-order valence-electron chi connectivity index (χ1n) is 7.28. The summed E-state index contributed by atoms with van der Waals surface area (Å²) in [6, 6.07) is 0. The van der Waals surface area contributed by atoms with Crippen LogP contribution in [-0.4, -0.2) is 72.1 Å².